The van der Waals surface area contributed by atoms with E-state index in [-0.39, 0.29) is 0 Å². The summed E-state index contributed by atoms with van der Waals surface area (Å²) in [6.45, 7) is 5.39. The molecule has 1 aromatic heterocycles. The Kier molecular flexibility index (Phi) is 5.44. The van der Waals surface area contributed by atoms with E-state index in [0.29, 0.717) is 29.8 Å². The van der Waals surface area contributed by atoms with E-state index in [1.807, 2.05) is 6.92 Å². The van der Waals surface area contributed by atoms with Crippen LogP contribution >= 0.6 is 11.5 Å². The maximum Gasteiger partial charge on any atom is 0.326 e. The monoisotopic (exact) mass is 269 g/mol. The molecule has 2 N–H and O–H groups in total. The Labute approximate surface area is 109 Å². The lowest BCUT2D eigenvalue weighted by molar-refractivity contribution is -0.139. The van der Waals surface area contributed by atoms with Crippen molar-refractivity contribution >= 4 is 23.4 Å². The molecule has 0 bridgehead atoms. The second kappa shape index (κ2) is 6.85. The van der Waals surface area contributed by atoms with E-state index in [2.05, 4.69) is 21.5 Å². The molecule has 0 fully saturated rings. The predicted molar refractivity (Wildman–Crippen MR) is 67.6 cm³/mol. The molecule has 0 aliphatic carbocycles. The van der Waals surface area contributed by atoms with Gasteiger partial charge in [-0.1, -0.05) is 17.5 Å². The molecule has 1 unspecified atom stereocenters. The number of hydrogen-bond donors (Lipinski definition) is 2. The minimum atomic E-state index is -1.05. The van der Waals surface area contributed by atoms with Gasteiger partial charge >= 0.3 is 5.97 Å². The van der Waals surface area contributed by atoms with E-state index in [1.54, 1.807) is 6.08 Å². The highest BCUT2D eigenvalue weighted by molar-refractivity contribution is 7.08. The summed E-state index contributed by atoms with van der Waals surface area (Å²) in [7, 11) is 0. The molecule has 1 amide bonds. The highest BCUT2D eigenvalue weighted by atomic mass is 32.1. The van der Waals surface area contributed by atoms with Crippen molar-refractivity contribution in [3.8, 4) is 0 Å². The number of allylic oxidation sites excluding steroid dienone is 1. The zero-order chi connectivity index (χ0) is 13.5. The maximum atomic E-state index is 11.9. The first-order chi connectivity index (χ1) is 8.60. The molecule has 0 saturated heterocycles. The molecule has 0 aromatic carbocycles. The van der Waals surface area contributed by atoms with E-state index in [4.69, 9.17) is 5.11 Å². The number of carbonyl (C=O) groups is 2. The number of hydrogen-bond acceptors (Lipinski definition) is 5. The van der Waals surface area contributed by atoms with Crippen LogP contribution < -0.4 is 5.32 Å². The van der Waals surface area contributed by atoms with Crippen molar-refractivity contribution in [1.29, 1.82) is 0 Å². The standard InChI is InChI=1S/C11H15N3O3S/c1-3-5-6-8(11(16)17)12-10(15)9-7(4-2)13-14-18-9/h3,8H,1,4-6H2,2H3,(H,12,15)(H,16,17). The normalized spacial score (nSPS) is 11.8. The van der Waals surface area contributed by atoms with Crippen molar-refractivity contribution < 1.29 is 14.7 Å². The Balaban J connectivity index is 2.72. The van der Waals surface area contributed by atoms with Gasteiger partial charge in [0.15, 0.2) is 0 Å². The number of nitrogens with zero attached hydrogens (tertiary/aromatic N) is 2. The Hall–Kier alpha value is -1.76. The first-order valence-corrected chi connectivity index (χ1v) is 6.33. The summed E-state index contributed by atoms with van der Waals surface area (Å²) < 4.78 is 3.70. The molecule has 1 heterocycles. The van der Waals surface area contributed by atoms with Crippen molar-refractivity contribution in [3.05, 3.63) is 23.2 Å². The number of aliphatic carboxylic acids is 1. The number of rotatable bonds is 7. The second-order valence-corrected chi connectivity index (χ2v) is 4.39. The van der Waals surface area contributed by atoms with Crippen LogP contribution in [0, 0.1) is 0 Å². The highest BCUT2D eigenvalue weighted by Crippen LogP contribution is 2.11. The molecular weight excluding hydrogens is 254 g/mol. The summed E-state index contributed by atoms with van der Waals surface area (Å²) in [5.74, 6) is -1.49. The van der Waals surface area contributed by atoms with Crippen molar-refractivity contribution in [3.63, 3.8) is 0 Å². The summed E-state index contributed by atoms with van der Waals surface area (Å²) >= 11 is 0.974. The fraction of sp³-hybridized carbons (Fsp3) is 0.455. The predicted octanol–water partition coefficient (Wildman–Crippen LogP) is 1.25. The Morgan fingerprint density at radius 2 is 2.33 bits per heavy atom. The number of nitrogens with one attached hydrogen (secondary N) is 1. The lowest BCUT2D eigenvalue weighted by Gasteiger charge is -2.12. The van der Waals surface area contributed by atoms with E-state index in [0.717, 1.165) is 11.5 Å². The minimum absolute atomic E-state index is 0.318. The van der Waals surface area contributed by atoms with Crippen LogP contribution in [-0.2, 0) is 11.2 Å². The number of aryl methyl sites for hydroxylation is 1. The van der Waals surface area contributed by atoms with Gasteiger partial charge in [-0.15, -0.1) is 11.7 Å². The molecule has 7 heteroatoms. The third-order valence-electron chi connectivity index (χ3n) is 2.36. The summed E-state index contributed by atoms with van der Waals surface area (Å²) in [5, 5.41) is 15.3. The van der Waals surface area contributed by atoms with Crippen LogP contribution in [0.2, 0.25) is 0 Å². The quantitative estimate of drug-likeness (QED) is 0.727. The average molecular weight is 269 g/mol. The van der Waals surface area contributed by atoms with Gasteiger partial charge in [-0.25, -0.2) is 4.79 Å². The molecule has 1 rings (SSSR count). The molecule has 0 radical (unpaired) electrons. The lowest BCUT2D eigenvalue weighted by Crippen LogP contribution is -2.40. The van der Waals surface area contributed by atoms with Crippen molar-refractivity contribution in [2.75, 3.05) is 0 Å². The maximum absolute atomic E-state index is 11.9. The fourth-order valence-electron chi connectivity index (χ4n) is 1.38. The molecule has 0 spiro atoms. The number of carboxylic acids is 1. The Bertz CT molecular complexity index is 444. The van der Waals surface area contributed by atoms with Crippen LogP contribution in [0.5, 0.6) is 0 Å². The van der Waals surface area contributed by atoms with E-state index in [1.165, 1.54) is 0 Å². The number of amides is 1. The topological polar surface area (TPSA) is 92.2 Å². The van der Waals surface area contributed by atoms with Gasteiger partial charge in [0.2, 0.25) is 0 Å². The molecular formula is C11H15N3O3S. The van der Waals surface area contributed by atoms with Gasteiger partial charge in [0.1, 0.15) is 10.9 Å². The van der Waals surface area contributed by atoms with Crippen LogP contribution in [0.3, 0.4) is 0 Å². The van der Waals surface area contributed by atoms with Crippen molar-refractivity contribution in [2.45, 2.75) is 32.2 Å². The van der Waals surface area contributed by atoms with Crippen molar-refractivity contribution in [2.24, 2.45) is 0 Å². The van der Waals surface area contributed by atoms with Gasteiger partial charge in [-0.2, -0.15) is 0 Å². The molecule has 1 atom stereocenters. The van der Waals surface area contributed by atoms with E-state index >= 15 is 0 Å². The number of aromatic nitrogens is 2. The minimum Gasteiger partial charge on any atom is -0.480 e. The van der Waals surface area contributed by atoms with Crippen LogP contribution in [-0.4, -0.2) is 32.6 Å². The van der Waals surface area contributed by atoms with Gasteiger partial charge in [-0.05, 0) is 30.8 Å². The van der Waals surface area contributed by atoms with Crippen LogP contribution in [0.1, 0.15) is 35.1 Å². The van der Waals surface area contributed by atoms with E-state index < -0.39 is 17.9 Å². The second-order valence-electron chi connectivity index (χ2n) is 3.63. The van der Waals surface area contributed by atoms with Gasteiger partial charge < -0.3 is 10.4 Å². The smallest absolute Gasteiger partial charge is 0.326 e. The van der Waals surface area contributed by atoms with Gasteiger partial charge in [0, 0.05) is 0 Å². The van der Waals surface area contributed by atoms with E-state index in [9.17, 15) is 9.59 Å². The number of carbonyl (C=O) groups excluding carboxylic acids is 1. The van der Waals surface area contributed by atoms with Gasteiger partial charge in [-0.3, -0.25) is 4.79 Å². The van der Waals surface area contributed by atoms with Crippen LogP contribution in [0.25, 0.3) is 0 Å². The average Bonchev–Trinajstić information content (AvgIpc) is 2.82. The molecule has 1 aromatic rings. The third kappa shape index (κ3) is 3.63. The zero-order valence-electron chi connectivity index (χ0n) is 10.0. The van der Waals surface area contributed by atoms with Gasteiger partial charge in [0.05, 0.1) is 5.69 Å². The Morgan fingerprint density at radius 1 is 1.61 bits per heavy atom. The molecule has 98 valence electrons. The largest absolute Gasteiger partial charge is 0.480 e. The number of carboxylic acid groups (broad SMARTS) is 1. The first-order valence-electron chi connectivity index (χ1n) is 5.55. The summed E-state index contributed by atoms with van der Waals surface area (Å²) in [5.41, 5.74) is 0.588. The first kappa shape index (κ1) is 14.3. The van der Waals surface area contributed by atoms with Gasteiger partial charge in [0.25, 0.3) is 5.91 Å². The molecule has 0 saturated carbocycles. The van der Waals surface area contributed by atoms with Crippen molar-refractivity contribution in [1.82, 2.24) is 14.9 Å². The molecule has 6 nitrogen and oxygen atoms in total. The summed E-state index contributed by atoms with van der Waals surface area (Å²) in [4.78, 5) is 23.3. The fourth-order valence-corrected chi connectivity index (χ4v) is 2.03. The summed E-state index contributed by atoms with van der Waals surface area (Å²) in [6, 6.07) is -0.915. The zero-order valence-corrected chi connectivity index (χ0v) is 10.9. The van der Waals surface area contributed by atoms with Crippen LogP contribution in [0.15, 0.2) is 12.7 Å². The lowest BCUT2D eigenvalue weighted by atomic mass is 10.1. The van der Waals surface area contributed by atoms with Crippen LogP contribution in [0.4, 0.5) is 0 Å². The molecule has 0 aliphatic rings. The molecule has 0 aliphatic heterocycles. The third-order valence-corrected chi connectivity index (χ3v) is 3.13. The molecule has 18 heavy (non-hydrogen) atoms. The highest BCUT2D eigenvalue weighted by Gasteiger charge is 2.22. The summed E-state index contributed by atoms with van der Waals surface area (Å²) in [6.07, 6.45) is 3.05. The SMILES string of the molecule is C=CCCC(NC(=O)c1snnc1CC)C(=O)O. The Morgan fingerprint density at radius 3 is 2.89 bits per heavy atom.